The Bertz CT molecular complexity index is 893. The third-order valence-electron chi connectivity index (χ3n) is 3.12. The first-order chi connectivity index (χ1) is 10.5. The molecular weight excluding hydrogens is 291 g/mol. The zero-order valence-corrected chi connectivity index (χ0v) is 11.7. The van der Waals surface area contributed by atoms with E-state index < -0.39 is 17.5 Å². The molecule has 1 amide bonds. The van der Waals surface area contributed by atoms with Crippen molar-refractivity contribution >= 4 is 11.6 Å². The minimum atomic E-state index is -0.704. The second-order valence-corrected chi connectivity index (χ2v) is 4.82. The normalized spacial score (nSPS) is 11.0. The van der Waals surface area contributed by atoms with Crippen molar-refractivity contribution < 1.29 is 9.18 Å². The van der Waals surface area contributed by atoms with Gasteiger partial charge < -0.3 is 5.32 Å². The summed E-state index contributed by atoms with van der Waals surface area (Å²) in [6.07, 6.45) is 1.89. The average molecular weight is 304 g/mol. The molecule has 0 aromatic carbocycles. The van der Waals surface area contributed by atoms with Crippen molar-refractivity contribution in [1.29, 1.82) is 0 Å². The predicted molar refractivity (Wildman–Crippen MR) is 75.1 cm³/mol. The number of nitrogens with zero attached hydrogens (tertiary/aromatic N) is 3. The van der Waals surface area contributed by atoms with Crippen molar-refractivity contribution in [3.8, 4) is 0 Å². The smallest absolute Gasteiger partial charge is 0.340 e. The van der Waals surface area contributed by atoms with Crippen LogP contribution in [0.2, 0.25) is 0 Å². The lowest BCUT2D eigenvalue weighted by molar-refractivity contribution is 0.0945. The van der Waals surface area contributed by atoms with Crippen molar-refractivity contribution in [3.05, 3.63) is 51.8 Å². The van der Waals surface area contributed by atoms with Crippen LogP contribution in [0, 0.1) is 12.9 Å². The molecule has 3 rings (SSSR count). The van der Waals surface area contributed by atoms with E-state index in [0.717, 1.165) is 5.56 Å². The van der Waals surface area contributed by atoms with E-state index in [0.29, 0.717) is 17.9 Å². The van der Waals surface area contributed by atoms with E-state index in [2.05, 4.69) is 25.5 Å². The standard InChI is InChI=1S/C13H13FN6O2/c1-7-2-3-9-17-10(11(14)20(9)6-7)12(21)15-5-4-8-16-13(22)19-18-8/h2-3,6H,4-5H2,1H3,(H,15,21)(H2,16,18,19,22). The topological polar surface area (TPSA) is 108 Å². The van der Waals surface area contributed by atoms with Crippen LogP contribution in [0.25, 0.3) is 5.65 Å². The van der Waals surface area contributed by atoms with Gasteiger partial charge in [0.1, 0.15) is 11.5 Å². The molecule has 0 atom stereocenters. The number of aromatic amines is 2. The summed E-state index contributed by atoms with van der Waals surface area (Å²) in [7, 11) is 0. The molecule has 3 aromatic rings. The molecule has 3 N–H and O–H groups in total. The fraction of sp³-hybridized carbons (Fsp3) is 0.231. The maximum Gasteiger partial charge on any atom is 0.340 e. The quantitative estimate of drug-likeness (QED) is 0.638. The second kappa shape index (κ2) is 5.43. The van der Waals surface area contributed by atoms with Crippen molar-refractivity contribution in [2.45, 2.75) is 13.3 Å². The largest absolute Gasteiger partial charge is 0.350 e. The summed E-state index contributed by atoms with van der Waals surface area (Å²) in [6.45, 7) is 2.02. The van der Waals surface area contributed by atoms with Crippen molar-refractivity contribution in [2.24, 2.45) is 0 Å². The number of amides is 1. The number of rotatable bonds is 4. The summed E-state index contributed by atoms with van der Waals surface area (Å²) in [5.41, 5.74) is 0.548. The number of halogens is 1. The number of aryl methyl sites for hydroxylation is 1. The van der Waals surface area contributed by atoms with Gasteiger partial charge in [-0.2, -0.15) is 9.49 Å². The molecule has 0 spiro atoms. The molecule has 22 heavy (non-hydrogen) atoms. The molecule has 0 radical (unpaired) electrons. The number of H-pyrrole nitrogens is 2. The Hall–Kier alpha value is -2.97. The molecule has 9 heteroatoms. The number of nitrogens with one attached hydrogen (secondary N) is 3. The van der Waals surface area contributed by atoms with Crippen LogP contribution in [0.4, 0.5) is 4.39 Å². The van der Waals surface area contributed by atoms with Crippen molar-refractivity contribution in [1.82, 2.24) is 29.9 Å². The molecular formula is C13H13FN6O2. The van der Waals surface area contributed by atoms with Crippen molar-refractivity contribution in [2.75, 3.05) is 6.54 Å². The zero-order chi connectivity index (χ0) is 15.7. The Morgan fingerprint density at radius 1 is 1.45 bits per heavy atom. The van der Waals surface area contributed by atoms with Gasteiger partial charge in [0.15, 0.2) is 5.69 Å². The van der Waals surface area contributed by atoms with Crippen LogP contribution < -0.4 is 11.0 Å². The highest BCUT2D eigenvalue weighted by atomic mass is 19.1. The van der Waals surface area contributed by atoms with Crippen LogP contribution in [0.3, 0.4) is 0 Å². The van der Waals surface area contributed by atoms with Gasteiger partial charge >= 0.3 is 5.69 Å². The molecule has 3 heterocycles. The van der Waals surface area contributed by atoms with Crippen LogP contribution in [0.15, 0.2) is 23.1 Å². The number of fused-ring (bicyclic) bond motifs is 1. The SMILES string of the molecule is Cc1ccc2nc(C(=O)NCCc3n[nH]c(=O)[nH]3)c(F)n2c1. The van der Waals surface area contributed by atoms with Crippen LogP contribution in [0.1, 0.15) is 21.9 Å². The minimum Gasteiger partial charge on any atom is -0.350 e. The fourth-order valence-corrected chi connectivity index (χ4v) is 2.07. The Kier molecular flexibility index (Phi) is 3.45. The number of hydrogen-bond donors (Lipinski definition) is 3. The van der Waals surface area contributed by atoms with Crippen LogP contribution in [-0.4, -0.2) is 37.0 Å². The molecule has 0 aliphatic rings. The highest BCUT2D eigenvalue weighted by Gasteiger charge is 2.18. The predicted octanol–water partition coefficient (Wildman–Crippen LogP) is 0.166. The summed E-state index contributed by atoms with van der Waals surface area (Å²) >= 11 is 0. The number of aromatic nitrogens is 5. The first-order valence-electron chi connectivity index (χ1n) is 6.60. The van der Waals surface area contributed by atoms with Gasteiger partial charge in [-0.3, -0.25) is 14.2 Å². The Morgan fingerprint density at radius 3 is 3.00 bits per heavy atom. The van der Waals surface area contributed by atoms with E-state index in [4.69, 9.17) is 0 Å². The Labute approximate surface area is 123 Å². The fourth-order valence-electron chi connectivity index (χ4n) is 2.07. The molecule has 8 nitrogen and oxygen atoms in total. The highest BCUT2D eigenvalue weighted by molar-refractivity contribution is 5.93. The van der Waals surface area contributed by atoms with Gasteiger partial charge in [0.2, 0.25) is 5.95 Å². The third kappa shape index (κ3) is 2.60. The number of carbonyl (C=O) groups excluding carboxylic acids is 1. The lowest BCUT2D eigenvalue weighted by Gasteiger charge is -2.01. The number of pyridine rings is 1. The molecule has 0 unspecified atom stereocenters. The van der Waals surface area contributed by atoms with E-state index in [1.807, 2.05) is 6.92 Å². The van der Waals surface area contributed by atoms with Crippen molar-refractivity contribution in [3.63, 3.8) is 0 Å². The first-order valence-corrected chi connectivity index (χ1v) is 6.60. The van der Waals surface area contributed by atoms with E-state index >= 15 is 0 Å². The van der Waals surface area contributed by atoms with Crippen LogP contribution in [0.5, 0.6) is 0 Å². The molecule has 114 valence electrons. The molecule has 0 fully saturated rings. The second-order valence-electron chi connectivity index (χ2n) is 4.82. The Morgan fingerprint density at radius 2 is 2.27 bits per heavy atom. The van der Waals surface area contributed by atoms with Gasteiger partial charge in [0, 0.05) is 19.2 Å². The van der Waals surface area contributed by atoms with Gasteiger partial charge in [-0.1, -0.05) is 6.07 Å². The molecule has 0 saturated heterocycles. The van der Waals surface area contributed by atoms with Crippen LogP contribution in [-0.2, 0) is 6.42 Å². The highest BCUT2D eigenvalue weighted by Crippen LogP contribution is 2.12. The van der Waals surface area contributed by atoms with Gasteiger partial charge in [0.05, 0.1) is 0 Å². The summed E-state index contributed by atoms with van der Waals surface area (Å²) < 4.78 is 15.4. The summed E-state index contributed by atoms with van der Waals surface area (Å²) in [5.74, 6) is -0.905. The number of imidazole rings is 1. The lowest BCUT2D eigenvalue weighted by Crippen LogP contribution is -2.27. The van der Waals surface area contributed by atoms with Gasteiger partial charge in [-0.15, -0.1) is 0 Å². The average Bonchev–Trinajstić information content (AvgIpc) is 3.03. The van der Waals surface area contributed by atoms with E-state index in [1.54, 1.807) is 18.3 Å². The third-order valence-corrected chi connectivity index (χ3v) is 3.12. The van der Waals surface area contributed by atoms with Crippen LogP contribution >= 0.6 is 0 Å². The van der Waals surface area contributed by atoms with Gasteiger partial charge in [0.25, 0.3) is 5.91 Å². The lowest BCUT2D eigenvalue weighted by atomic mass is 10.3. The van der Waals surface area contributed by atoms with Gasteiger partial charge in [-0.05, 0) is 18.6 Å². The molecule has 0 aliphatic heterocycles. The Balaban J connectivity index is 1.72. The first kappa shape index (κ1) is 14.0. The summed E-state index contributed by atoms with van der Waals surface area (Å²) in [5, 5.41) is 8.47. The molecule has 0 aliphatic carbocycles. The molecule has 0 saturated carbocycles. The zero-order valence-electron chi connectivity index (χ0n) is 11.7. The maximum atomic E-state index is 14.2. The van der Waals surface area contributed by atoms with Gasteiger partial charge in [-0.25, -0.2) is 14.9 Å². The van der Waals surface area contributed by atoms with E-state index in [9.17, 15) is 14.0 Å². The number of carbonyl (C=O) groups is 1. The molecule has 0 bridgehead atoms. The molecule has 3 aromatic heterocycles. The van der Waals surface area contributed by atoms with E-state index in [-0.39, 0.29) is 12.2 Å². The number of hydrogen-bond acceptors (Lipinski definition) is 4. The monoisotopic (exact) mass is 304 g/mol. The van der Waals surface area contributed by atoms with E-state index in [1.165, 1.54) is 4.40 Å². The summed E-state index contributed by atoms with van der Waals surface area (Å²) in [4.78, 5) is 29.3. The maximum absolute atomic E-state index is 14.2. The summed E-state index contributed by atoms with van der Waals surface area (Å²) in [6, 6.07) is 3.43. The minimum absolute atomic E-state index is 0.200.